The van der Waals surface area contributed by atoms with Crippen LogP contribution in [0.15, 0.2) is 29.1 Å². The maximum absolute atomic E-state index is 12.6. The van der Waals surface area contributed by atoms with Gasteiger partial charge in [-0.2, -0.15) is 0 Å². The molecule has 0 spiro atoms. The summed E-state index contributed by atoms with van der Waals surface area (Å²) in [6.07, 6.45) is 6.78. The Morgan fingerprint density at radius 2 is 2.30 bits per heavy atom. The van der Waals surface area contributed by atoms with Crippen LogP contribution in [0.4, 0.5) is 0 Å². The Hall–Kier alpha value is -2.57. The number of furan rings is 1. The van der Waals surface area contributed by atoms with Crippen LogP contribution in [-0.4, -0.2) is 39.4 Å². The molecule has 0 aromatic carbocycles. The summed E-state index contributed by atoms with van der Waals surface area (Å²) < 4.78 is 6.99. The van der Waals surface area contributed by atoms with Gasteiger partial charge in [0.05, 0.1) is 11.8 Å². The highest BCUT2D eigenvalue weighted by molar-refractivity contribution is 5.95. The first kappa shape index (κ1) is 15.3. The number of likely N-dealkylation sites (tertiary alicyclic amines) is 1. The number of amides is 2. The minimum atomic E-state index is -0.401. The van der Waals surface area contributed by atoms with E-state index in [0.29, 0.717) is 17.9 Å². The number of piperidine rings is 1. The summed E-state index contributed by atoms with van der Waals surface area (Å²) in [6, 6.07) is 1.70. The third kappa shape index (κ3) is 3.13. The van der Waals surface area contributed by atoms with E-state index in [4.69, 9.17) is 10.2 Å². The van der Waals surface area contributed by atoms with Crippen LogP contribution >= 0.6 is 0 Å². The zero-order chi connectivity index (χ0) is 16.4. The second kappa shape index (κ2) is 6.28. The number of hydrogen-bond donors (Lipinski definition) is 1. The number of carbonyl (C=O) groups is 2. The van der Waals surface area contributed by atoms with E-state index in [-0.39, 0.29) is 18.4 Å². The number of nitrogens with two attached hydrogens (primary N) is 1. The number of aromatic nitrogens is 2. The molecule has 0 saturated carbocycles. The van der Waals surface area contributed by atoms with E-state index >= 15 is 0 Å². The predicted octanol–water partition coefficient (Wildman–Crippen LogP) is 1.29. The Labute approximate surface area is 134 Å². The molecule has 122 valence electrons. The van der Waals surface area contributed by atoms with E-state index in [1.807, 2.05) is 4.90 Å². The van der Waals surface area contributed by atoms with E-state index in [2.05, 4.69) is 4.98 Å². The first-order valence-electron chi connectivity index (χ1n) is 7.69. The van der Waals surface area contributed by atoms with Gasteiger partial charge in [-0.1, -0.05) is 0 Å². The molecule has 7 nitrogen and oxygen atoms in total. The van der Waals surface area contributed by atoms with Crippen LogP contribution in [0.1, 0.15) is 40.7 Å². The Balaban J connectivity index is 1.76. The van der Waals surface area contributed by atoms with E-state index in [0.717, 1.165) is 25.2 Å². The molecule has 1 aliphatic heterocycles. The summed E-state index contributed by atoms with van der Waals surface area (Å²) in [5.74, 6) is 1.13. The summed E-state index contributed by atoms with van der Waals surface area (Å²) >= 11 is 0. The predicted molar refractivity (Wildman–Crippen MR) is 82.7 cm³/mol. The zero-order valence-electron chi connectivity index (χ0n) is 13.1. The number of carbonyl (C=O) groups excluding carboxylic acids is 2. The number of aryl methyl sites for hydroxylation is 1. The van der Waals surface area contributed by atoms with Crippen LogP contribution in [0.25, 0.3) is 0 Å². The van der Waals surface area contributed by atoms with Crippen LogP contribution in [0.5, 0.6) is 0 Å². The molecule has 0 bridgehead atoms. The number of imidazole rings is 1. The van der Waals surface area contributed by atoms with Crippen molar-refractivity contribution in [2.45, 2.75) is 32.2 Å². The first-order valence-corrected chi connectivity index (χ1v) is 7.69. The average Bonchev–Trinajstić information content (AvgIpc) is 3.15. The van der Waals surface area contributed by atoms with Crippen LogP contribution in [0, 0.1) is 6.92 Å². The van der Waals surface area contributed by atoms with Crippen molar-refractivity contribution in [3.63, 3.8) is 0 Å². The molecule has 7 heteroatoms. The third-order valence-electron chi connectivity index (χ3n) is 4.24. The van der Waals surface area contributed by atoms with E-state index in [1.54, 1.807) is 30.0 Å². The van der Waals surface area contributed by atoms with E-state index in [9.17, 15) is 9.59 Å². The summed E-state index contributed by atoms with van der Waals surface area (Å²) in [6.45, 7) is 3.20. The van der Waals surface area contributed by atoms with Crippen molar-refractivity contribution >= 4 is 11.8 Å². The highest BCUT2D eigenvalue weighted by Crippen LogP contribution is 2.27. The smallest absolute Gasteiger partial charge is 0.257 e. The Kier molecular flexibility index (Phi) is 4.18. The van der Waals surface area contributed by atoms with Gasteiger partial charge in [0.25, 0.3) is 5.91 Å². The lowest BCUT2D eigenvalue weighted by Gasteiger charge is -2.32. The lowest BCUT2D eigenvalue weighted by Crippen LogP contribution is -2.40. The maximum Gasteiger partial charge on any atom is 0.257 e. The molecule has 0 radical (unpaired) electrons. The van der Waals surface area contributed by atoms with Crippen molar-refractivity contribution in [2.24, 2.45) is 5.73 Å². The molecule has 23 heavy (non-hydrogen) atoms. The van der Waals surface area contributed by atoms with Crippen LogP contribution in [0.2, 0.25) is 0 Å². The average molecular weight is 316 g/mol. The lowest BCUT2D eigenvalue weighted by atomic mass is 9.96. The normalized spacial score (nSPS) is 18.1. The van der Waals surface area contributed by atoms with Gasteiger partial charge in [-0.25, -0.2) is 4.98 Å². The van der Waals surface area contributed by atoms with Crippen molar-refractivity contribution in [3.05, 3.63) is 41.9 Å². The van der Waals surface area contributed by atoms with Gasteiger partial charge in [0.15, 0.2) is 0 Å². The molecule has 1 fully saturated rings. The maximum atomic E-state index is 12.6. The fraction of sp³-hybridized carbons (Fsp3) is 0.438. The molecule has 1 saturated heterocycles. The molecule has 3 heterocycles. The number of rotatable bonds is 4. The molecule has 1 unspecified atom stereocenters. The van der Waals surface area contributed by atoms with Gasteiger partial charge in [-0.3, -0.25) is 9.59 Å². The van der Waals surface area contributed by atoms with Crippen LogP contribution in [-0.2, 0) is 11.3 Å². The third-order valence-corrected chi connectivity index (χ3v) is 4.24. The SMILES string of the molecule is Cc1occc1C(=O)N1CCCC(c2nccn2CC(N)=O)C1. The highest BCUT2D eigenvalue weighted by atomic mass is 16.3. The molecule has 2 amide bonds. The molecule has 1 atom stereocenters. The Morgan fingerprint density at radius 3 is 3.00 bits per heavy atom. The van der Waals surface area contributed by atoms with E-state index < -0.39 is 5.91 Å². The largest absolute Gasteiger partial charge is 0.469 e. The molecule has 2 aromatic heterocycles. The van der Waals surface area contributed by atoms with E-state index in [1.165, 1.54) is 6.26 Å². The fourth-order valence-electron chi connectivity index (χ4n) is 3.13. The summed E-state index contributed by atoms with van der Waals surface area (Å²) in [5, 5.41) is 0. The Bertz CT molecular complexity index is 718. The second-order valence-electron chi connectivity index (χ2n) is 5.86. The van der Waals surface area contributed by atoms with Gasteiger partial charge in [0.1, 0.15) is 18.1 Å². The van der Waals surface area contributed by atoms with Gasteiger partial charge >= 0.3 is 0 Å². The van der Waals surface area contributed by atoms with Gasteiger partial charge in [0.2, 0.25) is 5.91 Å². The topological polar surface area (TPSA) is 94.4 Å². The molecular formula is C16H20N4O3. The monoisotopic (exact) mass is 316 g/mol. The first-order chi connectivity index (χ1) is 11.1. The van der Waals surface area contributed by atoms with Gasteiger partial charge in [0, 0.05) is 31.4 Å². The van der Waals surface area contributed by atoms with Crippen molar-refractivity contribution < 1.29 is 14.0 Å². The van der Waals surface area contributed by atoms with Gasteiger partial charge in [-0.15, -0.1) is 0 Å². The van der Waals surface area contributed by atoms with Crippen molar-refractivity contribution in [1.82, 2.24) is 14.5 Å². The lowest BCUT2D eigenvalue weighted by molar-refractivity contribution is -0.118. The minimum Gasteiger partial charge on any atom is -0.469 e. The second-order valence-corrected chi connectivity index (χ2v) is 5.86. The molecule has 0 aliphatic carbocycles. The highest BCUT2D eigenvalue weighted by Gasteiger charge is 2.29. The molecular weight excluding hydrogens is 296 g/mol. The molecule has 2 aromatic rings. The summed E-state index contributed by atoms with van der Waals surface area (Å²) in [5.41, 5.74) is 5.88. The van der Waals surface area contributed by atoms with Crippen molar-refractivity contribution in [1.29, 1.82) is 0 Å². The van der Waals surface area contributed by atoms with Gasteiger partial charge < -0.3 is 19.6 Å². The van der Waals surface area contributed by atoms with Gasteiger partial charge in [-0.05, 0) is 25.8 Å². The Morgan fingerprint density at radius 1 is 1.48 bits per heavy atom. The number of hydrogen-bond acceptors (Lipinski definition) is 4. The summed E-state index contributed by atoms with van der Waals surface area (Å²) in [7, 11) is 0. The summed E-state index contributed by atoms with van der Waals surface area (Å²) in [4.78, 5) is 30.0. The van der Waals surface area contributed by atoms with Crippen molar-refractivity contribution in [2.75, 3.05) is 13.1 Å². The quantitative estimate of drug-likeness (QED) is 0.919. The van der Waals surface area contributed by atoms with Crippen molar-refractivity contribution in [3.8, 4) is 0 Å². The number of nitrogens with zero attached hydrogens (tertiary/aromatic N) is 3. The fourth-order valence-corrected chi connectivity index (χ4v) is 3.13. The number of primary amides is 1. The molecule has 3 rings (SSSR count). The standard InChI is InChI=1S/C16H20N4O3/c1-11-13(4-8-23-11)16(22)20-6-2-3-12(9-20)15-18-5-7-19(15)10-14(17)21/h4-5,7-8,12H,2-3,6,9-10H2,1H3,(H2,17,21). The van der Waals surface area contributed by atoms with Crippen LogP contribution < -0.4 is 5.73 Å². The molecule has 2 N–H and O–H groups in total. The zero-order valence-corrected chi connectivity index (χ0v) is 13.1. The molecule has 1 aliphatic rings. The van der Waals surface area contributed by atoms with Crippen LogP contribution in [0.3, 0.4) is 0 Å². The minimum absolute atomic E-state index is 0.0195.